The maximum absolute atomic E-state index is 11.8. The van der Waals surface area contributed by atoms with Crippen molar-refractivity contribution in [3.63, 3.8) is 0 Å². The minimum Gasteiger partial charge on any atom is -0.346 e. The first-order chi connectivity index (χ1) is 15.0. The zero-order chi connectivity index (χ0) is 23.6. The quantitative estimate of drug-likeness (QED) is 0.415. The number of hydrogen-bond donors (Lipinski definition) is 2. The van der Waals surface area contributed by atoms with Crippen LogP contribution in [-0.4, -0.2) is 66.2 Å². The molecule has 2 aromatic rings. The van der Waals surface area contributed by atoms with Gasteiger partial charge in [-0.15, -0.1) is 0 Å². The van der Waals surface area contributed by atoms with Crippen LogP contribution in [-0.2, 0) is 9.59 Å². The number of amides is 1. The largest absolute Gasteiger partial charge is 0.346 e. The number of likely N-dealkylation sites (N-methyl/N-ethyl adjacent to an activating group) is 1. The Morgan fingerprint density at radius 3 is 2.35 bits per heavy atom. The second-order valence-electron chi connectivity index (χ2n) is 5.96. The Morgan fingerprint density at radius 2 is 1.77 bits per heavy atom. The molecule has 0 radical (unpaired) electrons. The van der Waals surface area contributed by atoms with Crippen molar-refractivity contribution in [3.8, 4) is 0 Å². The van der Waals surface area contributed by atoms with Gasteiger partial charge in [0.2, 0.25) is 5.91 Å². The number of pyridine rings is 1. The Hall–Kier alpha value is -2.42. The number of benzene rings is 1. The number of H-pyrrole nitrogens is 1. The maximum Gasteiger partial charge on any atom is 0.255 e. The number of nitrogens with zero attached hydrogens (tertiary/aromatic N) is 2. The fraction of sp³-hybridized carbons (Fsp3) is 0.435. The number of rotatable bonds is 5. The van der Waals surface area contributed by atoms with E-state index < -0.39 is 0 Å². The number of aromatic nitrogens is 1. The molecule has 0 atom stereocenters. The molecule has 7 nitrogen and oxygen atoms in total. The van der Waals surface area contributed by atoms with Crippen molar-refractivity contribution in [2.75, 3.05) is 39.8 Å². The molecule has 0 saturated carbocycles. The summed E-state index contributed by atoms with van der Waals surface area (Å²) in [6.45, 7) is 15.5. The summed E-state index contributed by atoms with van der Waals surface area (Å²) in [4.78, 5) is 37.8. The normalized spacial score (nSPS) is 13.3. The first kappa shape index (κ1) is 28.6. The second-order valence-corrected chi connectivity index (χ2v) is 7.10. The zero-order valence-electron chi connectivity index (χ0n) is 19.3. The highest BCUT2D eigenvalue weighted by Crippen LogP contribution is 2.29. The molecule has 1 aliphatic rings. The molecule has 0 aliphatic carbocycles. The molecule has 1 aliphatic heterocycles. The van der Waals surface area contributed by atoms with Gasteiger partial charge in [0.15, 0.2) is 0 Å². The van der Waals surface area contributed by atoms with E-state index in [9.17, 15) is 14.4 Å². The molecule has 8 heteroatoms. The molecule has 172 valence electrons. The third kappa shape index (κ3) is 10.4. The number of hydrogen-bond acceptors (Lipinski definition) is 6. The summed E-state index contributed by atoms with van der Waals surface area (Å²) in [6, 6.07) is 7.90. The molecule has 1 saturated heterocycles. The summed E-state index contributed by atoms with van der Waals surface area (Å²) in [7, 11) is 2.15. The lowest BCUT2D eigenvalue weighted by molar-refractivity contribution is -0.118. The maximum atomic E-state index is 11.8. The van der Waals surface area contributed by atoms with Crippen LogP contribution in [0.2, 0.25) is 0 Å². The van der Waals surface area contributed by atoms with Gasteiger partial charge in [0.25, 0.3) is 5.56 Å². The number of aldehydes is 1. The van der Waals surface area contributed by atoms with Crippen molar-refractivity contribution in [1.29, 1.82) is 0 Å². The highest BCUT2D eigenvalue weighted by molar-refractivity contribution is 7.97. The fourth-order valence-corrected chi connectivity index (χ4v) is 3.54. The number of carbonyl (C=O) groups excluding carboxylic acids is 2. The van der Waals surface area contributed by atoms with Gasteiger partial charge in [-0.3, -0.25) is 9.59 Å². The van der Waals surface area contributed by atoms with Crippen molar-refractivity contribution in [1.82, 2.24) is 19.5 Å². The zero-order valence-corrected chi connectivity index (χ0v) is 20.1. The van der Waals surface area contributed by atoms with Crippen molar-refractivity contribution in [2.24, 2.45) is 0 Å². The number of fused-ring (bicyclic) bond motifs is 1. The Morgan fingerprint density at radius 1 is 1.13 bits per heavy atom. The van der Waals surface area contributed by atoms with Gasteiger partial charge in [-0.05, 0) is 43.3 Å². The van der Waals surface area contributed by atoms with E-state index in [4.69, 9.17) is 0 Å². The molecule has 0 spiro atoms. The predicted molar refractivity (Wildman–Crippen MR) is 131 cm³/mol. The van der Waals surface area contributed by atoms with Crippen molar-refractivity contribution in [3.05, 3.63) is 53.5 Å². The van der Waals surface area contributed by atoms with Crippen molar-refractivity contribution in [2.45, 2.75) is 32.6 Å². The lowest BCUT2D eigenvalue weighted by Crippen LogP contribution is -2.40. The van der Waals surface area contributed by atoms with Crippen molar-refractivity contribution >= 4 is 34.9 Å². The van der Waals surface area contributed by atoms with E-state index in [1.54, 1.807) is 18.1 Å². The summed E-state index contributed by atoms with van der Waals surface area (Å²) < 4.78 is 2.37. The minimum atomic E-state index is -0.322. The first-order valence-corrected chi connectivity index (χ1v) is 11.4. The minimum absolute atomic E-state index is 0.0154. The number of piperazine rings is 1. The monoisotopic (exact) mass is 448 g/mol. The molecule has 1 fully saturated rings. The summed E-state index contributed by atoms with van der Waals surface area (Å²) in [5.74, 6) is -0.322. The summed E-state index contributed by atoms with van der Waals surface area (Å²) >= 11 is 1.76. The van der Waals surface area contributed by atoms with Crippen LogP contribution in [0, 0.1) is 0 Å². The molecule has 0 bridgehead atoms. The smallest absolute Gasteiger partial charge is 0.255 e. The number of nitrogens with one attached hydrogen (secondary N) is 2. The predicted octanol–water partition coefficient (Wildman–Crippen LogP) is 3.32. The van der Waals surface area contributed by atoms with Gasteiger partial charge < -0.3 is 20.0 Å². The first-order valence-electron chi connectivity index (χ1n) is 10.6. The summed E-state index contributed by atoms with van der Waals surface area (Å²) in [5.41, 5.74) is -0.0154. The molecule has 1 aromatic heterocycles. The molecule has 2 heterocycles. The number of aromatic amines is 1. The van der Waals surface area contributed by atoms with Gasteiger partial charge in [-0.2, -0.15) is 0 Å². The number of carbonyl (C=O) groups is 2. The summed E-state index contributed by atoms with van der Waals surface area (Å²) in [5, 5.41) is 4.06. The highest BCUT2D eigenvalue weighted by Gasteiger charge is 2.16. The Balaban J connectivity index is 0.000000637. The van der Waals surface area contributed by atoms with Crippen molar-refractivity contribution < 1.29 is 9.59 Å². The van der Waals surface area contributed by atoms with Crippen LogP contribution in [0.4, 0.5) is 0 Å². The van der Waals surface area contributed by atoms with E-state index in [0.717, 1.165) is 47.9 Å². The van der Waals surface area contributed by atoms with Crippen LogP contribution < -0.4 is 10.9 Å². The van der Waals surface area contributed by atoms with Crippen LogP contribution in [0.15, 0.2) is 52.8 Å². The van der Waals surface area contributed by atoms with Crippen LogP contribution in [0.5, 0.6) is 0 Å². The van der Waals surface area contributed by atoms with Gasteiger partial charge in [-0.25, -0.2) is 4.31 Å². The molecule has 2 N–H and O–H groups in total. The molecular weight excluding hydrogens is 412 g/mol. The average Bonchev–Trinajstić information content (AvgIpc) is 2.82. The Bertz CT molecular complexity index is 846. The van der Waals surface area contributed by atoms with Gasteiger partial charge in [-0.1, -0.05) is 40.3 Å². The third-order valence-corrected chi connectivity index (χ3v) is 5.19. The molecule has 1 aromatic carbocycles. The summed E-state index contributed by atoms with van der Waals surface area (Å²) in [6.07, 6.45) is 3.45. The van der Waals surface area contributed by atoms with Crippen LogP contribution in [0.1, 0.15) is 27.7 Å². The van der Waals surface area contributed by atoms with E-state index in [1.165, 1.54) is 0 Å². The van der Waals surface area contributed by atoms with E-state index in [0.29, 0.717) is 6.29 Å². The van der Waals surface area contributed by atoms with Crippen LogP contribution in [0.3, 0.4) is 0 Å². The van der Waals surface area contributed by atoms with E-state index >= 15 is 0 Å². The lowest BCUT2D eigenvalue weighted by atomic mass is 10.2. The van der Waals surface area contributed by atoms with E-state index in [2.05, 4.69) is 39.2 Å². The van der Waals surface area contributed by atoms with Crippen LogP contribution in [0.25, 0.3) is 10.8 Å². The Labute approximate surface area is 190 Å². The SMILES string of the molecule is C=CC(=O)NCC=O.CC.CC.CN1CCN(Sc2cccc3c(=O)[nH]ccc23)CC1. The van der Waals surface area contributed by atoms with Gasteiger partial charge in [0.1, 0.15) is 6.29 Å². The van der Waals surface area contributed by atoms with E-state index in [1.807, 2.05) is 45.9 Å². The third-order valence-electron chi connectivity index (χ3n) is 4.01. The molecule has 31 heavy (non-hydrogen) atoms. The molecular formula is C23H36N4O3S. The fourth-order valence-electron chi connectivity index (χ4n) is 2.50. The van der Waals surface area contributed by atoms with Gasteiger partial charge in [0, 0.05) is 48.0 Å². The van der Waals surface area contributed by atoms with Gasteiger partial charge >= 0.3 is 0 Å². The molecule has 0 unspecified atom stereocenters. The van der Waals surface area contributed by atoms with Gasteiger partial charge in [0.05, 0.1) is 6.54 Å². The topological polar surface area (TPSA) is 85.5 Å². The molecule has 3 rings (SSSR count). The highest BCUT2D eigenvalue weighted by atomic mass is 32.2. The second kappa shape index (κ2) is 17.3. The molecule has 1 amide bonds. The van der Waals surface area contributed by atoms with Crippen LogP contribution >= 0.6 is 11.9 Å². The lowest BCUT2D eigenvalue weighted by Gasteiger charge is -2.31. The standard InChI is InChI=1S/C14H17N3OS.C5H7NO2.2C2H6/c1-16-7-9-17(10-8-16)19-13-4-2-3-12-11(13)5-6-15-14(12)18;1-2-5(8)6-3-4-7;2*1-2/h2-6H,7-10H2,1H3,(H,15,18);2,4H,1,3H2,(H,6,8);2*1-2H3. The van der Waals surface area contributed by atoms with E-state index in [-0.39, 0.29) is 18.0 Å². The average molecular weight is 449 g/mol. The Kier molecular flexibility index (Phi) is 15.9.